The number of Topliss-reactive ketones (excluding diaryl/α,β-unsaturated/α-hetero) is 1. The smallest absolute Gasteiger partial charge is 0.143 e. The summed E-state index contributed by atoms with van der Waals surface area (Å²) in [4.78, 5) is 17.4. The molecule has 0 aliphatic heterocycles. The maximum absolute atomic E-state index is 13.0. The lowest BCUT2D eigenvalue weighted by Gasteiger charge is -2.39. The van der Waals surface area contributed by atoms with Crippen LogP contribution in [0.5, 0.6) is 5.75 Å². The van der Waals surface area contributed by atoms with Crippen LogP contribution in [0.15, 0.2) is 18.2 Å². The highest BCUT2D eigenvalue weighted by molar-refractivity contribution is 5.92. The first kappa shape index (κ1) is 18.0. The fourth-order valence-corrected chi connectivity index (χ4v) is 3.49. The average molecular weight is 318 g/mol. The quantitative estimate of drug-likeness (QED) is 0.773. The zero-order valence-corrected chi connectivity index (χ0v) is 15.2. The Morgan fingerprint density at radius 1 is 1.04 bits per heavy atom. The third-order valence-corrected chi connectivity index (χ3v) is 4.96. The number of nitrogens with zero attached hydrogens (tertiary/aromatic N) is 2. The van der Waals surface area contributed by atoms with Crippen LogP contribution in [0.2, 0.25) is 0 Å². The summed E-state index contributed by atoms with van der Waals surface area (Å²) in [6.45, 7) is 1.83. The van der Waals surface area contributed by atoms with E-state index < -0.39 is 0 Å². The van der Waals surface area contributed by atoms with Crippen molar-refractivity contribution < 1.29 is 9.53 Å². The summed E-state index contributed by atoms with van der Waals surface area (Å²) in [5.74, 6) is 1.24. The Bertz CT molecular complexity index is 540. The Morgan fingerprint density at radius 2 is 1.65 bits per heavy atom. The molecule has 1 aliphatic rings. The number of fused-ring (bicyclic) bond motifs is 1. The molecule has 0 atom stereocenters. The van der Waals surface area contributed by atoms with E-state index >= 15 is 0 Å². The molecule has 1 aliphatic carbocycles. The van der Waals surface area contributed by atoms with E-state index in [4.69, 9.17) is 4.74 Å². The van der Waals surface area contributed by atoms with Crippen LogP contribution in [0.4, 0.5) is 0 Å². The zero-order valence-electron chi connectivity index (χ0n) is 15.2. The van der Waals surface area contributed by atoms with Gasteiger partial charge in [0.1, 0.15) is 11.5 Å². The first-order valence-electron chi connectivity index (χ1n) is 8.39. The van der Waals surface area contributed by atoms with Crippen LogP contribution in [0.25, 0.3) is 0 Å². The second-order valence-electron chi connectivity index (χ2n) is 7.13. The normalized spacial score (nSPS) is 16.7. The van der Waals surface area contributed by atoms with Crippen LogP contribution in [-0.4, -0.2) is 64.0 Å². The number of hydrogen-bond donors (Lipinski definition) is 0. The monoisotopic (exact) mass is 318 g/mol. The predicted molar refractivity (Wildman–Crippen MR) is 94.3 cm³/mol. The van der Waals surface area contributed by atoms with Gasteiger partial charge in [0.2, 0.25) is 0 Å². The third-order valence-electron chi connectivity index (χ3n) is 4.96. The van der Waals surface area contributed by atoms with Gasteiger partial charge >= 0.3 is 0 Å². The molecule has 0 bridgehead atoms. The number of carbonyl (C=O) groups excluding carboxylic acids is 1. The second-order valence-corrected chi connectivity index (χ2v) is 7.13. The number of aryl methyl sites for hydroxylation is 1. The number of hydrogen-bond acceptors (Lipinski definition) is 4. The van der Waals surface area contributed by atoms with Crippen molar-refractivity contribution in [2.24, 2.45) is 0 Å². The fraction of sp³-hybridized carbons (Fsp3) is 0.632. The molecule has 0 fully saturated rings. The van der Waals surface area contributed by atoms with Gasteiger partial charge in [-0.25, -0.2) is 0 Å². The van der Waals surface area contributed by atoms with E-state index in [1.807, 2.05) is 6.07 Å². The summed E-state index contributed by atoms with van der Waals surface area (Å²) in [5.41, 5.74) is 2.12. The van der Waals surface area contributed by atoms with E-state index in [0.717, 1.165) is 38.1 Å². The molecule has 128 valence electrons. The van der Waals surface area contributed by atoms with Gasteiger partial charge in [-0.2, -0.15) is 0 Å². The standard InChI is InChI=1S/C19H30N2O2/c1-20(2)12-10-19(11-13-21(3)4)17-14-16(23-5)8-6-15(17)7-9-18(19)22/h6,8,14H,7,9-13H2,1-5H3. The molecule has 0 aromatic heterocycles. The van der Waals surface area contributed by atoms with Crippen molar-refractivity contribution in [3.63, 3.8) is 0 Å². The van der Waals surface area contributed by atoms with Gasteiger partial charge in [0.25, 0.3) is 0 Å². The molecule has 0 heterocycles. The van der Waals surface area contributed by atoms with Gasteiger partial charge in [0.05, 0.1) is 12.5 Å². The van der Waals surface area contributed by atoms with Gasteiger partial charge in [-0.3, -0.25) is 4.79 Å². The summed E-state index contributed by atoms with van der Waals surface area (Å²) < 4.78 is 5.43. The molecule has 23 heavy (non-hydrogen) atoms. The maximum atomic E-state index is 13.0. The van der Waals surface area contributed by atoms with Crippen LogP contribution in [0, 0.1) is 0 Å². The van der Waals surface area contributed by atoms with E-state index in [0.29, 0.717) is 12.2 Å². The Kier molecular flexibility index (Phi) is 5.82. The van der Waals surface area contributed by atoms with Crippen molar-refractivity contribution in [1.29, 1.82) is 0 Å². The Balaban J connectivity index is 2.46. The Hall–Kier alpha value is -1.39. The number of carbonyl (C=O) groups is 1. The Morgan fingerprint density at radius 3 is 2.17 bits per heavy atom. The SMILES string of the molecule is COc1ccc2c(c1)C(CCN(C)C)(CCN(C)C)C(=O)CC2. The minimum Gasteiger partial charge on any atom is -0.497 e. The molecule has 0 saturated heterocycles. The van der Waals surface area contributed by atoms with E-state index in [2.05, 4.69) is 50.1 Å². The maximum Gasteiger partial charge on any atom is 0.143 e. The summed E-state index contributed by atoms with van der Waals surface area (Å²) in [6, 6.07) is 6.25. The van der Waals surface area contributed by atoms with E-state index in [1.165, 1.54) is 11.1 Å². The minimum absolute atomic E-state index is 0.378. The van der Waals surface area contributed by atoms with Gasteiger partial charge < -0.3 is 14.5 Å². The molecular weight excluding hydrogens is 288 g/mol. The van der Waals surface area contributed by atoms with Crippen molar-refractivity contribution in [2.45, 2.75) is 31.1 Å². The van der Waals surface area contributed by atoms with Crippen LogP contribution < -0.4 is 4.74 Å². The van der Waals surface area contributed by atoms with E-state index in [9.17, 15) is 4.79 Å². The Labute approximate surface area is 140 Å². The summed E-state index contributed by atoms with van der Waals surface area (Å²) in [7, 11) is 9.96. The van der Waals surface area contributed by atoms with Crippen LogP contribution >= 0.6 is 0 Å². The van der Waals surface area contributed by atoms with Gasteiger partial charge in [-0.15, -0.1) is 0 Å². The highest BCUT2D eigenvalue weighted by atomic mass is 16.5. The summed E-state index contributed by atoms with van der Waals surface area (Å²) in [6.07, 6.45) is 3.24. The zero-order chi connectivity index (χ0) is 17.0. The molecule has 0 spiro atoms. The topological polar surface area (TPSA) is 32.8 Å². The first-order chi connectivity index (χ1) is 10.9. The van der Waals surface area contributed by atoms with Crippen LogP contribution in [0.1, 0.15) is 30.4 Å². The molecule has 4 heteroatoms. The first-order valence-corrected chi connectivity index (χ1v) is 8.39. The summed E-state index contributed by atoms with van der Waals surface area (Å²) in [5, 5.41) is 0. The van der Waals surface area contributed by atoms with E-state index in [-0.39, 0.29) is 5.41 Å². The molecule has 4 nitrogen and oxygen atoms in total. The van der Waals surface area contributed by atoms with Gasteiger partial charge in [-0.05, 0) is 83.8 Å². The molecular formula is C19H30N2O2. The molecule has 0 radical (unpaired) electrons. The molecule has 2 rings (SSSR count). The highest BCUT2D eigenvalue weighted by Gasteiger charge is 2.43. The molecule has 1 aromatic carbocycles. The van der Waals surface area contributed by atoms with Gasteiger partial charge in [0.15, 0.2) is 0 Å². The van der Waals surface area contributed by atoms with E-state index in [1.54, 1.807) is 7.11 Å². The molecule has 0 N–H and O–H groups in total. The predicted octanol–water partition coefficient (Wildman–Crippen LogP) is 2.35. The minimum atomic E-state index is -0.378. The van der Waals surface area contributed by atoms with Crippen molar-refractivity contribution >= 4 is 5.78 Å². The number of methoxy groups -OCH3 is 1. The number of ketones is 1. The summed E-state index contributed by atoms with van der Waals surface area (Å²) >= 11 is 0. The lowest BCUT2D eigenvalue weighted by Crippen LogP contribution is -2.44. The van der Waals surface area contributed by atoms with Crippen molar-refractivity contribution in [3.8, 4) is 5.75 Å². The second kappa shape index (κ2) is 7.45. The average Bonchev–Trinajstić information content (AvgIpc) is 2.52. The molecule has 0 unspecified atom stereocenters. The van der Waals surface area contributed by atoms with Crippen LogP contribution in [-0.2, 0) is 16.6 Å². The number of ether oxygens (including phenoxy) is 1. The lowest BCUT2D eigenvalue weighted by atomic mass is 9.65. The van der Waals surface area contributed by atoms with Crippen molar-refractivity contribution in [2.75, 3.05) is 48.4 Å². The largest absolute Gasteiger partial charge is 0.497 e. The number of rotatable bonds is 7. The van der Waals surface area contributed by atoms with Gasteiger partial charge in [0, 0.05) is 6.42 Å². The molecule has 0 saturated carbocycles. The van der Waals surface area contributed by atoms with Gasteiger partial charge in [-0.1, -0.05) is 6.07 Å². The third kappa shape index (κ3) is 3.93. The lowest BCUT2D eigenvalue weighted by molar-refractivity contribution is -0.126. The number of benzene rings is 1. The molecule has 0 amide bonds. The van der Waals surface area contributed by atoms with Crippen LogP contribution in [0.3, 0.4) is 0 Å². The van der Waals surface area contributed by atoms with Crippen molar-refractivity contribution in [1.82, 2.24) is 9.80 Å². The molecule has 1 aromatic rings. The highest BCUT2D eigenvalue weighted by Crippen LogP contribution is 2.42. The fourth-order valence-electron chi connectivity index (χ4n) is 3.49. The van der Waals surface area contributed by atoms with Crippen molar-refractivity contribution in [3.05, 3.63) is 29.3 Å².